The van der Waals surface area contributed by atoms with Crippen molar-refractivity contribution in [2.45, 2.75) is 18.7 Å². The highest BCUT2D eigenvalue weighted by atomic mass is 32.2. The highest BCUT2D eigenvalue weighted by Crippen LogP contribution is 2.23. The lowest BCUT2D eigenvalue weighted by Gasteiger charge is -2.09. The maximum Gasteiger partial charge on any atom is 0.269 e. The molecule has 6 nitrogen and oxygen atoms in total. The summed E-state index contributed by atoms with van der Waals surface area (Å²) in [4.78, 5) is 15.5. The number of imidazole rings is 1. The van der Waals surface area contributed by atoms with E-state index in [2.05, 4.69) is 10.3 Å². The van der Waals surface area contributed by atoms with Crippen LogP contribution < -0.4 is 5.32 Å². The molecule has 0 aliphatic carbocycles. The number of carbonyl (C=O) groups excluding carboxylic acids is 1. The molecular weight excluding hydrogens is 314 g/mol. The Labute approximate surface area is 133 Å². The Balaban J connectivity index is 2.10. The molecule has 0 unspecified atom stereocenters. The van der Waals surface area contributed by atoms with E-state index in [1.54, 1.807) is 37.3 Å². The minimum Gasteiger partial charge on any atom is -0.326 e. The second kappa shape index (κ2) is 5.51. The summed E-state index contributed by atoms with van der Waals surface area (Å²) in [5.41, 5.74) is 1.71. The van der Waals surface area contributed by atoms with Gasteiger partial charge in [0.25, 0.3) is 10.0 Å². The average molecular weight is 329 g/mol. The summed E-state index contributed by atoms with van der Waals surface area (Å²) in [6.45, 7) is 3.05. The van der Waals surface area contributed by atoms with Gasteiger partial charge in [-0.3, -0.25) is 4.79 Å². The zero-order valence-electron chi connectivity index (χ0n) is 12.6. The summed E-state index contributed by atoms with van der Waals surface area (Å²) >= 11 is 0. The second-order valence-electron chi connectivity index (χ2n) is 5.12. The molecule has 0 saturated carbocycles. The topological polar surface area (TPSA) is 81.1 Å². The van der Waals surface area contributed by atoms with Crippen LogP contribution in [0, 0.1) is 6.92 Å². The van der Waals surface area contributed by atoms with E-state index >= 15 is 0 Å². The van der Waals surface area contributed by atoms with Gasteiger partial charge in [0.05, 0.1) is 15.9 Å². The Morgan fingerprint density at radius 3 is 2.39 bits per heavy atom. The van der Waals surface area contributed by atoms with E-state index in [1.165, 1.54) is 23.0 Å². The monoisotopic (exact) mass is 329 g/mol. The van der Waals surface area contributed by atoms with Crippen LogP contribution in [0.1, 0.15) is 12.7 Å². The zero-order valence-corrected chi connectivity index (χ0v) is 13.5. The molecule has 0 bridgehead atoms. The number of amides is 1. The number of hydrogen-bond acceptors (Lipinski definition) is 4. The third-order valence-electron chi connectivity index (χ3n) is 3.39. The minimum atomic E-state index is -3.76. The fraction of sp³-hybridized carbons (Fsp3) is 0.125. The lowest BCUT2D eigenvalue weighted by atomic mass is 10.3. The van der Waals surface area contributed by atoms with Crippen molar-refractivity contribution in [3.05, 3.63) is 54.4 Å². The number of anilines is 1. The molecule has 0 aliphatic heterocycles. The first-order chi connectivity index (χ1) is 10.9. The standard InChI is InChI=1S/C16H15N3O3S/c1-11-17-15-5-3-4-6-16(15)19(11)23(21,22)14-9-7-13(8-10-14)18-12(2)20/h3-10H,1-2H3,(H,18,20). The molecule has 1 amide bonds. The molecule has 0 atom stereocenters. The summed E-state index contributed by atoms with van der Waals surface area (Å²) in [5, 5.41) is 2.61. The van der Waals surface area contributed by atoms with Crippen LogP contribution in [0.15, 0.2) is 53.4 Å². The summed E-state index contributed by atoms with van der Waals surface area (Å²) in [7, 11) is -3.76. The molecule has 0 spiro atoms. The van der Waals surface area contributed by atoms with Gasteiger partial charge in [0.1, 0.15) is 5.82 Å². The first-order valence-corrected chi connectivity index (χ1v) is 8.41. The Bertz CT molecular complexity index is 989. The number of para-hydroxylation sites is 2. The van der Waals surface area contributed by atoms with E-state index in [4.69, 9.17) is 0 Å². The molecular formula is C16H15N3O3S. The molecule has 1 aromatic heterocycles. The van der Waals surface area contributed by atoms with Crippen molar-refractivity contribution < 1.29 is 13.2 Å². The van der Waals surface area contributed by atoms with Crippen molar-refractivity contribution in [2.75, 3.05) is 5.32 Å². The predicted octanol–water partition coefficient (Wildman–Crippen LogP) is 2.54. The Hall–Kier alpha value is -2.67. The molecule has 1 N–H and O–H groups in total. The normalized spacial score (nSPS) is 11.6. The van der Waals surface area contributed by atoms with Gasteiger partial charge in [0.15, 0.2) is 0 Å². The predicted molar refractivity (Wildman–Crippen MR) is 87.8 cm³/mol. The van der Waals surface area contributed by atoms with Gasteiger partial charge < -0.3 is 5.32 Å². The van der Waals surface area contributed by atoms with E-state index in [1.807, 2.05) is 6.07 Å². The average Bonchev–Trinajstić information content (AvgIpc) is 2.83. The summed E-state index contributed by atoms with van der Waals surface area (Å²) in [6, 6.07) is 13.1. The largest absolute Gasteiger partial charge is 0.326 e. The lowest BCUT2D eigenvalue weighted by molar-refractivity contribution is -0.114. The molecule has 1 heterocycles. The van der Waals surface area contributed by atoms with Gasteiger partial charge in [0.2, 0.25) is 5.91 Å². The van der Waals surface area contributed by atoms with Gasteiger partial charge in [-0.1, -0.05) is 12.1 Å². The zero-order chi connectivity index (χ0) is 16.6. The molecule has 118 valence electrons. The fourth-order valence-electron chi connectivity index (χ4n) is 2.45. The van der Waals surface area contributed by atoms with Crippen LogP contribution in [-0.2, 0) is 14.8 Å². The van der Waals surface area contributed by atoms with Crippen molar-refractivity contribution in [3.63, 3.8) is 0 Å². The SMILES string of the molecule is CC(=O)Nc1ccc(S(=O)(=O)n2c(C)nc3ccccc32)cc1. The number of nitrogens with one attached hydrogen (secondary N) is 1. The van der Waals surface area contributed by atoms with Crippen molar-refractivity contribution >= 4 is 32.7 Å². The molecule has 0 aliphatic rings. The molecule has 3 rings (SSSR count). The molecule has 2 aromatic carbocycles. The van der Waals surface area contributed by atoms with Gasteiger partial charge in [-0.25, -0.2) is 17.4 Å². The van der Waals surface area contributed by atoms with Crippen molar-refractivity contribution in [3.8, 4) is 0 Å². The number of nitrogens with zero attached hydrogens (tertiary/aromatic N) is 2. The number of carbonyl (C=O) groups is 1. The van der Waals surface area contributed by atoms with E-state index in [-0.39, 0.29) is 10.8 Å². The number of fused-ring (bicyclic) bond motifs is 1. The lowest BCUT2D eigenvalue weighted by Crippen LogP contribution is -2.14. The van der Waals surface area contributed by atoms with Gasteiger partial charge >= 0.3 is 0 Å². The number of benzene rings is 2. The summed E-state index contributed by atoms with van der Waals surface area (Å²) < 4.78 is 27.0. The summed E-state index contributed by atoms with van der Waals surface area (Å²) in [5.74, 6) is 0.189. The van der Waals surface area contributed by atoms with E-state index < -0.39 is 10.0 Å². The smallest absolute Gasteiger partial charge is 0.269 e. The van der Waals surface area contributed by atoms with Gasteiger partial charge in [-0.15, -0.1) is 0 Å². The van der Waals surface area contributed by atoms with Crippen LogP contribution in [0.3, 0.4) is 0 Å². The van der Waals surface area contributed by atoms with Crippen LogP contribution in [0.2, 0.25) is 0 Å². The fourth-order valence-corrected chi connectivity index (χ4v) is 3.94. The van der Waals surface area contributed by atoms with E-state index in [0.29, 0.717) is 22.5 Å². The number of aryl methyl sites for hydroxylation is 1. The first-order valence-electron chi connectivity index (χ1n) is 6.97. The molecule has 0 fully saturated rings. The van der Waals surface area contributed by atoms with Crippen LogP contribution in [-0.4, -0.2) is 23.3 Å². The number of hydrogen-bond donors (Lipinski definition) is 1. The first kappa shape index (κ1) is 15.2. The Kier molecular flexibility index (Phi) is 3.65. The number of rotatable bonds is 3. The van der Waals surface area contributed by atoms with Crippen molar-refractivity contribution in [2.24, 2.45) is 0 Å². The highest BCUT2D eigenvalue weighted by molar-refractivity contribution is 7.90. The van der Waals surface area contributed by atoms with Gasteiger partial charge in [0, 0.05) is 12.6 Å². The number of aromatic nitrogens is 2. The molecule has 0 saturated heterocycles. The van der Waals surface area contributed by atoms with Crippen LogP contribution in [0.25, 0.3) is 11.0 Å². The minimum absolute atomic E-state index is 0.137. The molecule has 0 radical (unpaired) electrons. The van der Waals surface area contributed by atoms with Crippen molar-refractivity contribution in [1.29, 1.82) is 0 Å². The highest BCUT2D eigenvalue weighted by Gasteiger charge is 2.22. The maximum atomic E-state index is 12.9. The molecule has 23 heavy (non-hydrogen) atoms. The Morgan fingerprint density at radius 1 is 1.09 bits per heavy atom. The third-order valence-corrected chi connectivity index (χ3v) is 5.20. The van der Waals surface area contributed by atoms with E-state index in [0.717, 1.165) is 0 Å². The van der Waals surface area contributed by atoms with E-state index in [9.17, 15) is 13.2 Å². The summed E-state index contributed by atoms with van der Waals surface area (Å²) in [6.07, 6.45) is 0. The van der Waals surface area contributed by atoms with Gasteiger partial charge in [-0.05, 0) is 43.3 Å². The van der Waals surface area contributed by atoms with Crippen LogP contribution >= 0.6 is 0 Å². The van der Waals surface area contributed by atoms with Crippen LogP contribution in [0.4, 0.5) is 5.69 Å². The third kappa shape index (κ3) is 2.70. The van der Waals surface area contributed by atoms with Crippen LogP contribution in [0.5, 0.6) is 0 Å². The molecule has 7 heteroatoms. The quantitative estimate of drug-likeness (QED) is 0.800. The van der Waals surface area contributed by atoms with Crippen molar-refractivity contribution in [1.82, 2.24) is 8.96 Å². The Morgan fingerprint density at radius 2 is 1.74 bits per heavy atom. The van der Waals surface area contributed by atoms with Gasteiger partial charge in [-0.2, -0.15) is 0 Å². The maximum absolute atomic E-state index is 12.9. The molecule has 3 aromatic rings. The second-order valence-corrected chi connectivity index (χ2v) is 6.91.